The summed E-state index contributed by atoms with van der Waals surface area (Å²) in [5, 5.41) is 10.7. The zero-order valence-electron chi connectivity index (χ0n) is 17.3. The maximum atomic E-state index is 12.7. The van der Waals surface area contributed by atoms with Gasteiger partial charge in [-0.3, -0.25) is 14.5 Å². The Hall–Kier alpha value is -2.56. The summed E-state index contributed by atoms with van der Waals surface area (Å²) >= 11 is 2.96. The molecule has 164 valence electrons. The Bertz CT molecular complexity index is 979. The van der Waals surface area contributed by atoms with Crippen molar-refractivity contribution in [1.29, 1.82) is 0 Å². The summed E-state index contributed by atoms with van der Waals surface area (Å²) in [5.41, 5.74) is 0. The summed E-state index contributed by atoms with van der Waals surface area (Å²) < 4.78 is 5.35. The third-order valence-electron chi connectivity index (χ3n) is 5.22. The van der Waals surface area contributed by atoms with Gasteiger partial charge in [0.2, 0.25) is 17.6 Å². The fourth-order valence-electron chi connectivity index (χ4n) is 3.52. The van der Waals surface area contributed by atoms with Gasteiger partial charge in [0.05, 0.1) is 9.75 Å². The van der Waals surface area contributed by atoms with E-state index >= 15 is 0 Å². The Balaban J connectivity index is 1.16. The molecule has 0 aliphatic carbocycles. The Morgan fingerprint density at radius 1 is 1.16 bits per heavy atom. The van der Waals surface area contributed by atoms with Crippen LogP contribution in [0.25, 0.3) is 10.7 Å². The van der Waals surface area contributed by atoms with Gasteiger partial charge in [-0.15, -0.1) is 22.7 Å². The number of carbonyl (C=O) groups is 2. The molecule has 1 atom stereocenters. The lowest BCUT2D eigenvalue weighted by molar-refractivity contribution is -0.134. The molecule has 0 aromatic carbocycles. The lowest BCUT2D eigenvalue weighted by Crippen LogP contribution is -2.54. The van der Waals surface area contributed by atoms with E-state index in [1.54, 1.807) is 24.3 Å². The first-order valence-corrected chi connectivity index (χ1v) is 12.1. The van der Waals surface area contributed by atoms with Gasteiger partial charge in [0, 0.05) is 32.6 Å². The van der Waals surface area contributed by atoms with Crippen molar-refractivity contribution >= 4 is 34.5 Å². The third kappa shape index (κ3) is 5.57. The van der Waals surface area contributed by atoms with Crippen molar-refractivity contribution < 1.29 is 14.1 Å². The number of thiophene rings is 2. The van der Waals surface area contributed by atoms with E-state index in [1.807, 2.05) is 33.9 Å². The molecule has 0 saturated carbocycles. The minimum atomic E-state index is -0.531. The number of amides is 2. The first kappa shape index (κ1) is 21.7. The van der Waals surface area contributed by atoms with Gasteiger partial charge < -0.3 is 14.7 Å². The van der Waals surface area contributed by atoms with Crippen molar-refractivity contribution in [1.82, 2.24) is 25.3 Å². The number of aromatic nitrogens is 2. The Morgan fingerprint density at radius 2 is 1.94 bits per heavy atom. The number of rotatable bonds is 8. The van der Waals surface area contributed by atoms with Gasteiger partial charge in [-0.05, 0) is 42.8 Å². The summed E-state index contributed by atoms with van der Waals surface area (Å²) in [6.45, 7) is 5.64. The molecule has 4 heterocycles. The van der Waals surface area contributed by atoms with Crippen molar-refractivity contribution in [3.8, 4) is 10.7 Å². The molecule has 2 amide bonds. The van der Waals surface area contributed by atoms with Crippen LogP contribution in [0.15, 0.2) is 39.5 Å². The number of aryl methyl sites for hydroxylation is 1. The average molecular weight is 460 g/mol. The van der Waals surface area contributed by atoms with E-state index in [4.69, 9.17) is 4.52 Å². The van der Waals surface area contributed by atoms with Crippen LogP contribution in [0.5, 0.6) is 0 Å². The molecule has 1 saturated heterocycles. The van der Waals surface area contributed by atoms with E-state index in [9.17, 15) is 9.59 Å². The topological polar surface area (TPSA) is 91.6 Å². The second-order valence-corrected chi connectivity index (χ2v) is 9.33. The van der Waals surface area contributed by atoms with E-state index in [2.05, 4.69) is 20.4 Å². The molecule has 31 heavy (non-hydrogen) atoms. The number of hydrogen-bond donors (Lipinski definition) is 1. The summed E-state index contributed by atoms with van der Waals surface area (Å²) in [7, 11) is 0. The van der Waals surface area contributed by atoms with Crippen molar-refractivity contribution in [2.45, 2.75) is 25.8 Å². The zero-order chi connectivity index (χ0) is 21.6. The van der Waals surface area contributed by atoms with E-state index in [-0.39, 0.29) is 11.8 Å². The highest BCUT2D eigenvalue weighted by Gasteiger charge is 2.26. The van der Waals surface area contributed by atoms with Crippen LogP contribution in [0.4, 0.5) is 0 Å². The summed E-state index contributed by atoms with van der Waals surface area (Å²) in [6.07, 6.45) is 1.66. The number of nitrogens with zero attached hydrogens (tertiary/aromatic N) is 4. The molecule has 1 unspecified atom stereocenters. The van der Waals surface area contributed by atoms with Crippen molar-refractivity contribution in [2.24, 2.45) is 0 Å². The van der Waals surface area contributed by atoms with E-state index in [0.717, 1.165) is 37.4 Å². The fourth-order valence-corrected chi connectivity index (χ4v) is 4.80. The van der Waals surface area contributed by atoms with Crippen LogP contribution in [-0.4, -0.2) is 70.5 Å². The normalized spacial score (nSPS) is 15.7. The highest BCUT2D eigenvalue weighted by Crippen LogP contribution is 2.21. The number of piperazine rings is 1. The molecular weight excluding hydrogens is 434 g/mol. The molecular formula is C21H25N5O3S2. The van der Waals surface area contributed by atoms with Crippen LogP contribution in [-0.2, 0) is 11.2 Å². The zero-order valence-corrected chi connectivity index (χ0v) is 19.0. The lowest BCUT2D eigenvalue weighted by atomic mass is 10.2. The molecule has 1 aliphatic rings. The van der Waals surface area contributed by atoms with Crippen LogP contribution in [0.1, 0.15) is 28.9 Å². The molecule has 0 radical (unpaired) electrons. The second kappa shape index (κ2) is 10.2. The molecule has 1 aliphatic heterocycles. The highest BCUT2D eigenvalue weighted by molar-refractivity contribution is 7.13. The van der Waals surface area contributed by atoms with E-state index in [0.29, 0.717) is 29.7 Å². The van der Waals surface area contributed by atoms with Crippen LogP contribution in [0.2, 0.25) is 0 Å². The minimum Gasteiger partial charge on any atom is -0.340 e. The first-order chi connectivity index (χ1) is 15.1. The smallest absolute Gasteiger partial charge is 0.261 e. The Kier molecular flexibility index (Phi) is 7.10. The van der Waals surface area contributed by atoms with Crippen LogP contribution in [0, 0.1) is 0 Å². The molecule has 1 fully saturated rings. The largest absolute Gasteiger partial charge is 0.340 e. The third-order valence-corrected chi connectivity index (χ3v) is 6.96. The van der Waals surface area contributed by atoms with Crippen molar-refractivity contribution in [3.05, 3.63) is 45.8 Å². The van der Waals surface area contributed by atoms with Crippen molar-refractivity contribution in [2.75, 3.05) is 32.7 Å². The van der Waals surface area contributed by atoms with Gasteiger partial charge in [-0.1, -0.05) is 17.3 Å². The molecule has 0 bridgehead atoms. The maximum Gasteiger partial charge on any atom is 0.261 e. The van der Waals surface area contributed by atoms with Gasteiger partial charge in [0.15, 0.2) is 0 Å². The summed E-state index contributed by atoms with van der Waals surface area (Å²) in [5.74, 6) is 1.08. The standard InChI is InChI=1S/C21H25N5O3S2/c1-15(22-20(27)17-6-4-14-31-17)21(28)26-11-9-25(10-12-26)8-2-7-18-23-19(24-29-18)16-5-3-13-30-16/h3-6,13-15H,2,7-12H2,1H3,(H,22,27). The maximum absolute atomic E-state index is 12.7. The molecule has 10 heteroatoms. The van der Waals surface area contributed by atoms with Gasteiger partial charge >= 0.3 is 0 Å². The van der Waals surface area contributed by atoms with Crippen LogP contribution >= 0.6 is 22.7 Å². The average Bonchev–Trinajstić information content (AvgIpc) is 3.56. The van der Waals surface area contributed by atoms with Gasteiger partial charge in [0.25, 0.3) is 5.91 Å². The minimum absolute atomic E-state index is 0.0310. The SMILES string of the molecule is CC(NC(=O)c1cccs1)C(=O)N1CCN(CCCc2nc(-c3cccs3)no2)CC1. The van der Waals surface area contributed by atoms with Gasteiger partial charge in [0.1, 0.15) is 6.04 Å². The molecule has 1 N–H and O–H groups in total. The number of nitrogens with one attached hydrogen (secondary N) is 1. The molecule has 3 aromatic rings. The Morgan fingerprint density at radius 3 is 2.65 bits per heavy atom. The Labute approximate surface area is 188 Å². The summed E-state index contributed by atoms with van der Waals surface area (Å²) in [4.78, 5) is 35.1. The summed E-state index contributed by atoms with van der Waals surface area (Å²) in [6, 6.07) is 7.00. The number of carbonyl (C=O) groups excluding carboxylic acids is 2. The molecule has 3 aromatic heterocycles. The first-order valence-electron chi connectivity index (χ1n) is 10.3. The van der Waals surface area contributed by atoms with Crippen LogP contribution < -0.4 is 5.32 Å². The van der Waals surface area contributed by atoms with E-state index in [1.165, 1.54) is 11.3 Å². The highest BCUT2D eigenvalue weighted by atomic mass is 32.1. The predicted molar refractivity (Wildman–Crippen MR) is 120 cm³/mol. The van der Waals surface area contributed by atoms with E-state index < -0.39 is 6.04 Å². The molecule has 0 spiro atoms. The lowest BCUT2D eigenvalue weighted by Gasteiger charge is -2.36. The van der Waals surface area contributed by atoms with Gasteiger partial charge in [-0.25, -0.2) is 0 Å². The quantitative estimate of drug-likeness (QED) is 0.557. The molecule has 8 nitrogen and oxygen atoms in total. The molecule has 4 rings (SSSR count). The monoisotopic (exact) mass is 459 g/mol. The van der Waals surface area contributed by atoms with Crippen LogP contribution in [0.3, 0.4) is 0 Å². The second-order valence-electron chi connectivity index (χ2n) is 7.43. The fraction of sp³-hybridized carbons (Fsp3) is 0.429. The van der Waals surface area contributed by atoms with Gasteiger partial charge in [-0.2, -0.15) is 4.98 Å². The van der Waals surface area contributed by atoms with Crippen molar-refractivity contribution in [3.63, 3.8) is 0 Å². The number of hydrogen-bond acceptors (Lipinski definition) is 8. The predicted octanol–water partition coefficient (Wildman–Crippen LogP) is 2.75.